The van der Waals surface area contributed by atoms with E-state index >= 15 is 0 Å². The Hall–Kier alpha value is -1.39. The van der Waals surface area contributed by atoms with Crippen molar-refractivity contribution in [1.29, 1.82) is 0 Å². The monoisotopic (exact) mass is 247 g/mol. The van der Waals surface area contributed by atoms with Crippen LogP contribution in [-0.2, 0) is 5.41 Å². The number of hydrogen-bond donors (Lipinski definition) is 2. The number of nitrogens with zero attached hydrogens (tertiary/aromatic N) is 1. The number of fused-ring (bicyclic) bond motifs is 1. The van der Waals surface area contributed by atoms with Crippen LogP contribution in [-0.4, -0.2) is 24.1 Å². The molecule has 2 aromatic rings. The molecule has 0 spiro atoms. The Morgan fingerprint density at radius 2 is 2.22 bits per heavy atom. The van der Waals surface area contributed by atoms with Crippen LogP contribution in [0.4, 0.5) is 0 Å². The summed E-state index contributed by atoms with van der Waals surface area (Å²) in [7, 11) is 0. The first-order valence-corrected chi connectivity index (χ1v) is 6.29. The predicted molar refractivity (Wildman–Crippen MR) is 73.6 cm³/mol. The molecule has 1 aromatic heterocycles. The van der Waals surface area contributed by atoms with Gasteiger partial charge in [-0.25, -0.2) is 4.98 Å². The molecule has 0 aliphatic carbocycles. The van der Waals surface area contributed by atoms with Crippen LogP contribution in [0.1, 0.15) is 26.3 Å². The highest BCUT2D eigenvalue weighted by atomic mass is 16.3. The third-order valence-electron chi connectivity index (χ3n) is 3.15. The summed E-state index contributed by atoms with van der Waals surface area (Å²) in [5, 5.41) is 3.39. The molecule has 1 aromatic carbocycles. The van der Waals surface area contributed by atoms with Gasteiger partial charge in [-0.15, -0.1) is 0 Å². The lowest BCUT2D eigenvalue weighted by atomic mass is 9.84. The fourth-order valence-electron chi connectivity index (χ4n) is 1.99. The number of aromatic nitrogens is 1. The van der Waals surface area contributed by atoms with Crippen LogP contribution < -0.4 is 11.1 Å². The Bertz CT molecular complexity index is 516. The predicted octanol–water partition coefficient (Wildman–Crippen LogP) is 2.04. The van der Waals surface area contributed by atoms with E-state index in [2.05, 4.69) is 36.3 Å². The Labute approximate surface area is 108 Å². The van der Waals surface area contributed by atoms with Gasteiger partial charge in [0, 0.05) is 24.5 Å². The van der Waals surface area contributed by atoms with E-state index in [0.717, 1.165) is 24.2 Å². The molecule has 4 nitrogen and oxygen atoms in total. The molecule has 0 aliphatic heterocycles. The van der Waals surface area contributed by atoms with Crippen LogP contribution >= 0.6 is 0 Å². The second-order valence-electron chi connectivity index (χ2n) is 5.53. The third kappa shape index (κ3) is 2.89. The number of rotatable bonds is 5. The summed E-state index contributed by atoms with van der Waals surface area (Å²) < 4.78 is 5.34. The van der Waals surface area contributed by atoms with Gasteiger partial charge in [-0.05, 0) is 24.6 Å². The van der Waals surface area contributed by atoms with Gasteiger partial charge in [0.05, 0.1) is 0 Å². The zero-order chi connectivity index (χ0) is 13.2. The molecule has 0 amide bonds. The Kier molecular flexibility index (Phi) is 3.68. The lowest BCUT2D eigenvalue weighted by molar-refractivity contribution is 0.458. The second kappa shape index (κ2) is 5.08. The van der Waals surface area contributed by atoms with Crippen molar-refractivity contribution in [3.8, 4) is 0 Å². The van der Waals surface area contributed by atoms with E-state index in [4.69, 9.17) is 10.2 Å². The highest BCUT2D eigenvalue weighted by molar-refractivity contribution is 5.73. The molecule has 1 unspecified atom stereocenters. The summed E-state index contributed by atoms with van der Waals surface area (Å²) in [6.07, 6.45) is 1.48. The maximum Gasteiger partial charge on any atom is 0.181 e. The standard InChI is InChI=1S/C14H21N3O/c1-10(15)7-16-8-14(2,3)11-4-5-12-13(6-11)18-9-17-12/h4-6,9-10,16H,7-8,15H2,1-3H3. The minimum absolute atomic E-state index is 0.0376. The zero-order valence-electron chi connectivity index (χ0n) is 11.2. The summed E-state index contributed by atoms with van der Waals surface area (Å²) in [4.78, 5) is 4.13. The van der Waals surface area contributed by atoms with Crippen molar-refractivity contribution < 1.29 is 4.42 Å². The molecule has 1 atom stereocenters. The van der Waals surface area contributed by atoms with E-state index in [1.807, 2.05) is 13.0 Å². The van der Waals surface area contributed by atoms with Crippen molar-refractivity contribution in [2.45, 2.75) is 32.2 Å². The first-order valence-electron chi connectivity index (χ1n) is 6.29. The molecule has 0 saturated carbocycles. The maximum atomic E-state index is 5.74. The van der Waals surface area contributed by atoms with Gasteiger partial charge in [-0.3, -0.25) is 0 Å². The van der Waals surface area contributed by atoms with Gasteiger partial charge in [0.2, 0.25) is 0 Å². The topological polar surface area (TPSA) is 64.1 Å². The molecule has 2 rings (SSSR count). The highest BCUT2D eigenvalue weighted by Gasteiger charge is 2.21. The number of hydrogen-bond acceptors (Lipinski definition) is 4. The van der Waals surface area contributed by atoms with Crippen LogP contribution in [0.3, 0.4) is 0 Å². The van der Waals surface area contributed by atoms with Gasteiger partial charge < -0.3 is 15.5 Å². The van der Waals surface area contributed by atoms with Crippen molar-refractivity contribution in [2.75, 3.05) is 13.1 Å². The van der Waals surface area contributed by atoms with Crippen molar-refractivity contribution in [2.24, 2.45) is 5.73 Å². The van der Waals surface area contributed by atoms with Crippen molar-refractivity contribution in [3.05, 3.63) is 30.2 Å². The molecule has 4 heteroatoms. The molecule has 0 fully saturated rings. The van der Waals surface area contributed by atoms with E-state index in [9.17, 15) is 0 Å². The first kappa shape index (κ1) is 13.1. The van der Waals surface area contributed by atoms with Crippen molar-refractivity contribution in [1.82, 2.24) is 10.3 Å². The molecule has 3 N–H and O–H groups in total. The number of nitrogens with two attached hydrogens (primary N) is 1. The van der Waals surface area contributed by atoms with Crippen LogP contribution in [0.15, 0.2) is 29.0 Å². The summed E-state index contributed by atoms with van der Waals surface area (Å²) >= 11 is 0. The number of benzene rings is 1. The molecule has 18 heavy (non-hydrogen) atoms. The molecule has 0 aliphatic rings. The first-order chi connectivity index (χ1) is 8.49. The van der Waals surface area contributed by atoms with Crippen LogP contribution in [0.5, 0.6) is 0 Å². The highest BCUT2D eigenvalue weighted by Crippen LogP contribution is 2.25. The lowest BCUT2D eigenvalue weighted by Crippen LogP contribution is -2.38. The summed E-state index contributed by atoms with van der Waals surface area (Å²) in [6, 6.07) is 6.35. The van der Waals surface area contributed by atoms with Crippen LogP contribution in [0.25, 0.3) is 11.1 Å². The van der Waals surface area contributed by atoms with E-state index in [0.29, 0.717) is 0 Å². The minimum Gasteiger partial charge on any atom is -0.443 e. The number of nitrogens with one attached hydrogen (secondary N) is 1. The Morgan fingerprint density at radius 3 is 2.94 bits per heavy atom. The second-order valence-corrected chi connectivity index (χ2v) is 5.53. The molecule has 1 heterocycles. The van der Waals surface area contributed by atoms with E-state index < -0.39 is 0 Å². The van der Waals surface area contributed by atoms with Crippen LogP contribution in [0, 0.1) is 0 Å². The molecular formula is C14H21N3O. The molecular weight excluding hydrogens is 226 g/mol. The maximum absolute atomic E-state index is 5.74. The molecule has 0 radical (unpaired) electrons. The summed E-state index contributed by atoms with van der Waals surface area (Å²) in [5.74, 6) is 0. The average molecular weight is 247 g/mol. The van der Waals surface area contributed by atoms with Gasteiger partial charge in [0.25, 0.3) is 0 Å². The van der Waals surface area contributed by atoms with Gasteiger partial charge in [-0.2, -0.15) is 0 Å². The fraction of sp³-hybridized carbons (Fsp3) is 0.500. The van der Waals surface area contributed by atoms with E-state index in [-0.39, 0.29) is 11.5 Å². The average Bonchev–Trinajstić information content (AvgIpc) is 2.74. The Balaban J connectivity index is 2.12. The quantitative estimate of drug-likeness (QED) is 0.848. The van der Waals surface area contributed by atoms with Crippen molar-refractivity contribution in [3.63, 3.8) is 0 Å². The molecule has 0 saturated heterocycles. The SMILES string of the molecule is CC(N)CNCC(C)(C)c1ccc2ncoc2c1. The lowest BCUT2D eigenvalue weighted by Gasteiger charge is -2.26. The van der Waals surface area contributed by atoms with Gasteiger partial charge in [0.15, 0.2) is 12.0 Å². The van der Waals surface area contributed by atoms with Crippen LogP contribution in [0.2, 0.25) is 0 Å². The third-order valence-corrected chi connectivity index (χ3v) is 3.15. The summed E-state index contributed by atoms with van der Waals surface area (Å²) in [6.45, 7) is 8.13. The van der Waals surface area contributed by atoms with E-state index in [1.165, 1.54) is 12.0 Å². The zero-order valence-corrected chi connectivity index (χ0v) is 11.2. The molecule has 98 valence electrons. The normalized spacial score (nSPS) is 14.0. The fourth-order valence-corrected chi connectivity index (χ4v) is 1.99. The van der Waals surface area contributed by atoms with Crippen molar-refractivity contribution >= 4 is 11.1 Å². The molecule has 0 bridgehead atoms. The van der Waals surface area contributed by atoms with E-state index in [1.54, 1.807) is 0 Å². The van der Waals surface area contributed by atoms with Gasteiger partial charge >= 0.3 is 0 Å². The largest absolute Gasteiger partial charge is 0.443 e. The minimum atomic E-state index is 0.0376. The number of oxazole rings is 1. The van der Waals surface area contributed by atoms with Gasteiger partial charge in [-0.1, -0.05) is 19.9 Å². The van der Waals surface area contributed by atoms with Gasteiger partial charge in [0.1, 0.15) is 5.52 Å². The smallest absolute Gasteiger partial charge is 0.181 e. The Morgan fingerprint density at radius 1 is 1.44 bits per heavy atom. The summed E-state index contributed by atoms with van der Waals surface area (Å²) in [5.41, 5.74) is 8.75.